The van der Waals surface area contributed by atoms with E-state index in [1.165, 1.54) is 24.3 Å². The van der Waals surface area contributed by atoms with Gasteiger partial charge in [-0.05, 0) is 36.4 Å². The Morgan fingerprint density at radius 1 is 0.931 bits per heavy atom. The van der Waals surface area contributed by atoms with Crippen LogP contribution in [0.2, 0.25) is 0 Å². The lowest BCUT2D eigenvalue weighted by Crippen LogP contribution is -2.01. The van der Waals surface area contributed by atoms with Crippen LogP contribution in [0.5, 0.6) is 0 Å². The smallest absolute Gasteiger partial charge is 0.299 e. The molecule has 2 aromatic carbocycles. The second kappa shape index (κ2) is 6.10. The molecule has 3 heterocycles. The fraction of sp³-hybridized carbons (Fsp3) is 0.0952. The molecular formula is C21H14F2N4O2. The molecule has 0 aliphatic heterocycles. The lowest BCUT2D eigenvalue weighted by atomic mass is 10.1. The highest BCUT2D eigenvalue weighted by Gasteiger charge is 2.23. The summed E-state index contributed by atoms with van der Waals surface area (Å²) in [5.41, 5.74) is 2.32. The maximum absolute atomic E-state index is 13.7. The van der Waals surface area contributed by atoms with Crippen molar-refractivity contribution in [3.63, 3.8) is 0 Å². The van der Waals surface area contributed by atoms with Crippen LogP contribution in [0.3, 0.4) is 0 Å². The molecule has 0 unspecified atom stereocenters. The Labute approximate surface area is 163 Å². The first kappa shape index (κ1) is 17.3. The second-order valence-corrected chi connectivity index (χ2v) is 6.88. The summed E-state index contributed by atoms with van der Waals surface area (Å²) >= 11 is 0. The van der Waals surface area contributed by atoms with Gasteiger partial charge in [0.15, 0.2) is 0 Å². The van der Waals surface area contributed by atoms with Crippen LogP contribution in [0.25, 0.3) is 33.2 Å². The van der Waals surface area contributed by atoms with E-state index in [0.717, 1.165) is 5.52 Å². The van der Waals surface area contributed by atoms with Crippen LogP contribution in [0.4, 0.5) is 8.78 Å². The molecule has 0 atom stereocenters. The number of aryl methyl sites for hydroxylation is 2. The molecule has 0 saturated carbocycles. The maximum Gasteiger partial charge on any atom is 0.299 e. The number of nitrogens with zero attached hydrogens (tertiary/aromatic N) is 4. The van der Waals surface area contributed by atoms with Crippen LogP contribution in [-0.4, -0.2) is 25.1 Å². The third-order valence-corrected chi connectivity index (χ3v) is 5.01. The molecule has 5 aromatic rings. The van der Waals surface area contributed by atoms with Gasteiger partial charge in [-0.15, -0.1) is 0 Å². The van der Waals surface area contributed by atoms with Crippen LogP contribution < -0.4 is 0 Å². The van der Waals surface area contributed by atoms with E-state index in [4.69, 9.17) is 4.52 Å². The fourth-order valence-corrected chi connectivity index (χ4v) is 3.63. The van der Waals surface area contributed by atoms with Crippen LogP contribution in [0.1, 0.15) is 16.2 Å². The molecule has 144 valence electrons. The van der Waals surface area contributed by atoms with Crippen molar-refractivity contribution >= 4 is 27.6 Å². The Morgan fingerprint density at radius 3 is 2.28 bits per heavy atom. The van der Waals surface area contributed by atoms with Crippen molar-refractivity contribution in [2.75, 3.05) is 0 Å². The van der Waals surface area contributed by atoms with Crippen molar-refractivity contribution in [2.45, 2.75) is 0 Å². The van der Waals surface area contributed by atoms with Gasteiger partial charge in [0.2, 0.25) is 5.82 Å². The van der Waals surface area contributed by atoms with Gasteiger partial charge in [0, 0.05) is 53.9 Å². The number of hydrogen-bond donors (Lipinski definition) is 0. The minimum Gasteiger partial charge on any atom is -0.350 e. The van der Waals surface area contributed by atoms with E-state index in [1.807, 2.05) is 11.6 Å². The van der Waals surface area contributed by atoms with E-state index in [2.05, 4.69) is 10.1 Å². The molecule has 6 nitrogen and oxygen atoms in total. The summed E-state index contributed by atoms with van der Waals surface area (Å²) in [6, 6.07) is 8.65. The number of halogens is 2. The molecule has 8 heteroatoms. The van der Waals surface area contributed by atoms with Crippen molar-refractivity contribution in [3.05, 3.63) is 71.9 Å². The Morgan fingerprint density at radius 2 is 1.55 bits per heavy atom. The van der Waals surface area contributed by atoms with Gasteiger partial charge in [0.25, 0.3) is 11.7 Å². The highest BCUT2D eigenvalue weighted by Crippen LogP contribution is 2.30. The quantitative estimate of drug-likeness (QED) is 0.431. The highest BCUT2D eigenvalue weighted by molar-refractivity contribution is 6.14. The minimum atomic E-state index is -0.508. The molecule has 0 spiro atoms. The molecule has 0 fully saturated rings. The van der Waals surface area contributed by atoms with Gasteiger partial charge in [0.05, 0.1) is 5.56 Å². The highest BCUT2D eigenvalue weighted by atomic mass is 19.1. The summed E-state index contributed by atoms with van der Waals surface area (Å²) in [5.74, 6) is -1.38. The summed E-state index contributed by atoms with van der Waals surface area (Å²) in [6.45, 7) is 0. The second-order valence-electron chi connectivity index (χ2n) is 6.88. The fourth-order valence-electron chi connectivity index (χ4n) is 3.63. The molecular weight excluding hydrogens is 378 g/mol. The number of hydrogen-bond acceptors (Lipinski definition) is 4. The number of benzene rings is 2. The summed E-state index contributed by atoms with van der Waals surface area (Å²) < 4.78 is 36.2. The minimum absolute atomic E-state index is 0.177. The van der Waals surface area contributed by atoms with E-state index in [1.54, 1.807) is 36.1 Å². The first-order valence-electron chi connectivity index (χ1n) is 8.80. The van der Waals surface area contributed by atoms with Crippen molar-refractivity contribution in [2.24, 2.45) is 14.1 Å². The van der Waals surface area contributed by atoms with E-state index < -0.39 is 11.6 Å². The predicted molar refractivity (Wildman–Crippen MR) is 102 cm³/mol. The number of rotatable bonds is 3. The van der Waals surface area contributed by atoms with Crippen LogP contribution in [0, 0.1) is 11.6 Å². The van der Waals surface area contributed by atoms with E-state index in [9.17, 15) is 13.6 Å². The molecule has 0 aliphatic rings. The zero-order valence-electron chi connectivity index (χ0n) is 15.5. The first-order valence-corrected chi connectivity index (χ1v) is 8.80. The molecule has 0 N–H and O–H groups in total. The van der Waals surface area contributed by atoms with Crippen molar-refractivity contribution in [1.29, 1.82) is 0 Å². The van der Waals surface area contributed by atoms with Gasteiger partial charge >= 0.3 is 0 Å². The normalized spacial score (nSPS) is 11.6. The van der Waals surface area contributed by atoms with Gasteiger partial charge in [0.1, 0.15) is 11.6 Å². The lowest BCUT2D eigenvalue weighted by Gasteiger charge is -1.96. The zero-order valence-corrected chi connectivity index (χ0v) is 15.5. The number of fused-ring (bicyclic) bond motifs is 2. The van der Waals surface area contributed by atoms with Crippen molar-refractivity contribution < 1.29 is 18.1 Å². The zero-order chi connectivity index (χ0) is 20.3. The van der Waals surface area contributed by atoms with E-state index in [-0.39, 0.29) is 23.1 Å². The van der Waals surface area contributed by atoms with Gasteiger partial charge in [-0.25, -0.2) is 8.78 Å². The lowest BCUT2D eigenvalue weighted by molar-refractivity contribution is 0.0995. The molecule has 0 aliphatic carbocycles. The standard InChI is InChI=1S/C21H14F2N4O2/c1-26-9-15(13-7-11(22)3-5-17(13)26)19(28)21-24-20(25-29-21)16-10-27(2)18-6-4-12(23)8-14(16)18/h3-10H,1-2H3. The van der Waals surface area contributed by atoms with E-state index in [0.29, 0.717) is 21.9 Å². The average Bonchev–Trinajstić information content (AvgIpc) is 3.38. The summed E-state index contributed by atoms with van der Waals surface area (Å²) in [5, 5.41) is 4.98. The summed E-state index contributed by atoms with van der Waals surface area (Å²) in [6.07, 6.45) is 3.35. The molecule has 0 radical (unpaired) electrons. The number of ketones is 1. The van der Waals surface area contributed by atoms with Crippen LogP contribution >= 0.6 is 0 Å². The van der Waals surface area contributed by atoms with Gasteiger partial charge in [-0.3, -0.25) is 4.79 Å². The van der Waals surface area contributed by atoms with Crippen LogP contribution in [0.15, 0.2) is 53.3 Å². The van der Waals surface area contributed by atoms with Gasteiger partial charge in [-0.1, -0.05) is 5.16 Å². The Bertz CT molecular complexity index is 1430. The number of aromatic nitrogens is 4. The maximum atomic E-state index is 13.7. The van der Waals surface area contributed by atoms with Gasteiger partial charge < -0.3 is 13.7 Å². The monoisotopic (exact) mass is 392 g/mol. The summed E-state index contributed by atoms with van der Waals surface area (Å²) in [7, 11) is 3.58. The van der Waals surface area contributed by atoms with E-state index >= 15 is 0 Å². The predicted octanol–water partition coefficient (Wildman–Crippen LogP) is 4.23. The third-order valence-electron chi connectivity index (χ3n) is 5.01. The Balaban J connectivity index is 1.60. The topological polar surface area (TPSA) is 65.8 Å². The van der Waals surface area contributed by atoms with Gasteiger partial charge in [-0.2, -0.15) is 4.98 Å². The Hall–Kier alpha value is -3.81. The molecule has 3 aromatic heterocycles. The first-order chi connectivity index (χ1) is 13.9. The molecule has 0 saturated heterocycles. The van der Waals surface area contributed by atoms with Crippen molar-refractivity contribution in [1.82, 2.24) is 19.3 Å². The van der Waals surface area contributed by atoms with Crippen LogP contribution in [-0.2, 0) is 14.1 Å². The van der Waals surface area contributed by atoms with Crippen molar-refractivity contribution in [3.8, 4) is 11.4 Å². The third kappa shape index (κ3) is 2.64. The summed E-state index contributed by atoms with van der Waals surface area (Å²) in [4.78, 5) is 17.2. The molecule has 0 amide bonds. The average molecular weight is 392 g/mol. The number of carbonyl (C=O) groups is 1. The molecule has 29 heavy (non-hydrogen) atoms. The largest absolute Gasteiger partial charge is 0.350 e. The molecule has 5 rings (SSSR count). The SMILES string of the molecule is Cn1cc(C(=O)c2nc(-c3cn(C)c4ccc(F)cc34)no2)c2cc(F)ccc21. The Kier molecular flexibility index (Phi) is 3.64. The number of carbonyl (C=O) groups excluding carboxylic acids is 1. The molecule has 0 bridgehead atoms.